The molecule has 2 atom stereocenters. The number of benzene rings is 1. The molecule has 1 fully saturated rings. The summed E-state index contributed by atoms with van der Waals surface area (Å²) in [6.45, 7) is 2.30. The first-order valence-electron chi connectivity index (χ1n) is 7.48. The van der Waals surface area contributed by atoms with Gasteiger partial charge in [-0.15, -0.1) is 0 Å². The van der Waals surface area contributed by atoms with Crippen LogP contribution in [-0.4, -0.2) is 18.6 Å². The van der Waals surface area contributed by atoms with E-state index in [1.807, 2.05) is 6.92 Å². The lowest BCUT2D eigenvalue weighted by Crippen LogP contribution is -2.33. The van der Waals surface area contributed by atoms with Crippen molar-refractivity contribution in [1.82, 2.24) is 5.32 Å². The molecule has 23 heavy (non-hydrogen) atoms. The van der Waals surface area contributed by atoms with Crippen LogP contribution in [0.3, 0.4) is 0 Å². The summed E-state index contributed by atoms with van der Waals surface area (Å²) in [7, 11) is 0. The summed E-state index contributed by atoms with van der Waals surface area (Å²) in [6.07, 6.45) is -3.78. The van der Waals surface area contributed by atoms with Crippen molar-refractivity contribution in [3.8, 4) is 0 Å². The Morgan fingerprint density at radius 3 is 2.57 bits per heavy atom. The Bertz CT molecular complexity index is 570. The number of carbonyl (C=O) groups excluding carboxylic acids is 1. The topological polar surface area (TPSA) is 29.1 Å². The fourth-order valence-corrected chi connectivity index (χ4v) is 2.57. The van der Waals surface area contributed by atoms with Crippen molar-refractivity contribution in [2.75, 3.05) is 6.54 Å². The van der Waals surface area contributed by atoms with Crippen LogP contribution < -0.4 is 5.32 Å². The van der Waals surface area contributed by atoms with Crippen molar-refractivity contribution in [2.45, 2.75) is 44.2 Å². The molecule has 0 heterocycles. The fraction of sp³-hybridized carbons (Fsp3) is 0.562. The third kappa shape index (κ3) is 4.00. The van der Waals surface area contributed by atoms with Crippen LogP contribution in [0.4, 0.5) is 22.0 Å². The SMILES string of the molecule is CCCC(=O)NC[C@@H]1C[C@H]1c1cccc(C(F)(F)C(F)(F)F)c1. The van der Waals surface area contributed by atoms with Crippen LogP contribution in [0.2, 0.25) is 0 Å². The lowest BCUT2D eigenvalue weighted by atomic mass is 10.0. The molecule has 1 amide bonds. The molecular weight excluding hydrogens is 317 g/mol. The molecule has 0 radical (unpaired) electrons. The Morgan fingerprint density at radius 1 is 1.26 bits per heavy atom. The molecule has 2 rings (SSSR count). The highest BCUT2D eigenvalue weighted by Crippen LogP contribution is 2.49. The van der Waals surface area contributed by atoms with Crippen LogP contribution in [0, 0.1) is 5.92 Å². The van der Waals surface area contributed by atoms with Crippen LogP contribution >= 0.6 is 0 Å². The molecule has 1 saturated carbocycles. The lowest BCUT2D eigenvalue weighted by Gasteiger charge is -2.20. The maximum absolute atomic E-state index is 13.4. The van der Waals surface area contributed by atoms with E-state index in [1.165, 1.54) is 6.07 Å². The number of carbonyl (C=O) groups is 1. The highest BCUT2D eigenvalue weighted by molar-refractivity contribution is 5.75. The van der Waals surface area contributed by atoms with Crippen molar-refractivity contribution >= 4 is 5.91 Å². The standard InChI is InChI=1S/C16H18F5NO/c1-2-4-14(23)22-9-11-8-13(11)10-5-3-6-12(7-10)15(17,18)16(19,20)21/h3,5-7,11,13H,2,4,8-9H2,1H3,(H,22,23)/t11-,13-/m0/s1. The van der Waals surface area contributed by atoms with Gasteiger partial charge < -0.3 is 5.32 Å². The van der Waals surface area contributed by atoms with Crippen molar-refractivity contribution in [2.24, 2.45) is 5.92 Å². The second-order valence-corrected chi connectivity index (χ2v) is 5.85. The van der Waals surface area contributed by atoms with E-state index in [-0.39, 0.29) is 17.7 Å². The van der Waals surface area contributed by atoms with E-state index in [9.17, 15) is 26.7 Å². The number of hydrogen-bond acceptors (Lipinski definition) is 1. The predicted molar refractivity (Wildman–Crippen MR) is 75.2 cm³/mol. The van der Waals surface area contributed by atoms with Crippen LogP contribution in [0.15, 0.2) is 24.3 Å². The summed E-state index contributed by atoms with van der Waals surface area (Å²) in [5.74, 6) is -4.93. The van der Waals surface area contributed by atoms with Gasteiger partial charge in [-0.25, -0.2) is 0 Å². The predicted octanol–water partition coefficient (Wildman–Crippen LogP) is 4.36. The molecule has 7 heteroatoms. The first-order valence-corrected chi connectivity index (χ1v) is 7.48. The zero-order valence-corrected chi connectivity index (χ0v) is 12.6. The molecule has 0 bridgehead atoms. The van der Waals surface area contributed by atoms with Crippen molar-refractivity contribution in [3.05, 3.63) is 35.4 Å². The van der Waals surface area contributed by atoms with Gasteiger partial charge in [0.25, 0.3) is 0 Å². The number of hydrogen-bond donors (Lipinski definition) is 1. The van der Waals surface area contributed by atoms with Gasteiger partial charge in [0.15, 0.2) is 0 Å². The summed E-state index contributed by atoms with van der Waals surface area (Å²) >= 11 is 0. The van der Waals surface area contributed by atoms with Crippen LogP contribution in [-0.2, 0) is 10.7 Å². The normalized spacial score (nSPS) is 21.1. The van der Waals surface area contributed by atoms with Gasteiger partial charge in [0.05, 0.1) is 0 Å². The molecule has 128 valence electrons. The van der Waals surface area contributed by atoms with E-state index in [0.29, 0.717) is 24.9 Å². The zero-order valence-electron chi connectivity index (χ0n) is 12.6. The molecule has 0 saturated heterocycles. The van der Waals surface area contributed by atoms with Crippen LogP contribution in [0.5, 0.6) is 0 Å². The summed E-state index contributed by atoms with van der Waals surface area (Å²) in [5.41, 5.74) is -0.579. The number of alkyl halides is 5. The third-order valence-corrected chi connectivity index (χ3v) is 3.99. The van der Waals surface area contributed by atoms with Gasteiger partial charge in [0.1, 0.15) is 0 Å². The minimum atomic E-state index is -5.61. The Morgan fingerprint density at radius 2 is 1.96 bits per heavy atom. The Hall–Kier alpha value is -1.66. The third-order valence-electron chi connectivity index (χ3n) is 3.99. The largest absolute Gasteiger partial charge is 0.458 e. The maximum atomic E-state index is 13.4. The van der Waals surface area contributed by atoms with Crippen LogP contribution in [0.1, 0.15) is 43.2 Å². The zero-order chi connectivity index (χ0) is 17.3. The number of rotatable bonds is 6. The molecular formula is C16H18F5NO. The maximum Gasteiger partial charge on any atom is 0.458 e. The first kappa shape index (κ1) is 17.7. The van der Waals surface area contributed by atoms with E-state index in [4.69, 9.17) is 0 Å². The molecule has 1 aromatic rings. The second-order valence-electron chi connectivity index (χ2n) is 5.85. The summed E-state index contributed by atoms with van der Waals surface area (Å²) in [4.78, 5) is 11.4. The second kappa shape index (κ2) is 6.45. The van der Waals surface area contributed by atoms with Crippen molar-refractivity contribution in [1.29, 1.82) is 0 Å². The molecule has 1 aliphatic rings. The Balaban J connectivity index is 2.01. The van der Waals surface area contributed by atoms with Crippen LogP contribution in [0.25, 0.3) is 0 Å². The smallest absolute Gasteiger partial charge is 0.356 e. The molecule has 0 aliphatic heterocycles. The molecule has 0 spiro atoms. The molecule has 0 aromatic heterocycles. The van der Waals surface area contributed by atoms with E-state index in [0.717, 1.165) is 18.6 Å². The van der Waals surface area contributed by atoms with Gasteiger partial charge in [-0.05, 0) is 36.3 Å². The average Bonchev–Trinajstić information content (AvgIpc) is 3.24. The number of amides is 1. The quantitative estimate of drug-likeness (QED) is 0.769. The highest BCUT2D eigenvalue weighted by Gasteiger charge is 2.58. The average molecular weight is 335 g/mol. The van der Waals surface area contributed by atoms with Crippen molar-refractivity contribution in [3.63, 3.8) is 0 Å². The van der Waals surface area contributed by atoms with Gasteiger partial charge in [-0.2, -0.15) is 22.0 Å². The minimum Gasteiger partial charge on any atom is -0.356 e. The lowest BCUT2D eigenvalue weighted by molar-refractivity contribution is -0.289. The van der Waals surface area contributed by atoms with Crippen molar-refractivity contribution < 1.29 is 26.7 Å². The Kier molecular flexibility index (Phi) is 4.96. The summed E-state index contributed by atoms with van der Waals surface area (Å²) < 4.78 is 64.0. The summed E-state index contributed by atoms with van der Waals surface area (Å²) in [5, 5.41) is 2.75. The number of nitrogens with one attached hydrogen (secondary N) is 1. The van der Waals surface area contributed by atoms with Gasteiger partial charge in [0, 0.05) is 18.5 Å². The van der Waals surface area contributed by atoms with E-state index in [1.54, 1.807) is 6.07 Å². The molecule has 1 aliphatic carbocycles. The fourth-order valence-electron chi connectivity index (χ4n) is 2.57. The first-order chi connectivity index (χ1) is 10.7. The molecule has 1 aromatic carbocycles. The number of halogens is 5. The molecule has 1 N–H and O–H groups in total. The Labute approximate surface area is 131 Å². The summed E-state index contributed by atoms with van der Waals surface area (Å²) in [6, 6.07) is 4.48. The van der Waals surface area contributed by atoms with E-state index >= 15 is 0 Å². The molecule has 0 unspecified atom stereocenters. The minimum absolute atomic E-state index is 0.0736. The molecule has 2 nitrogen and oxygen atoms in total. The van der Waals surface area contributed by atoms with Gasteiger partial charge in [0.2, 0.25) is 5.91 Å². The van der Waals surface area contributed by atoms with E-state index in [2.05, 4.69) is 5.32 Å². The van der Waals surface area contributed by atoms with Gasteiger partial charge in [-0.1, -0.05) is 25.1 Å². The highest BCUT2D eigenvalue weighted by atomic mass is 19.4. The van der Waals surface area contributed by atoms with E-state index < -0.39 is 17.7 Å². The van der Waals surface area contributed by atoms with Gasteiger partial charge >= 0.3 is 12.1 Å². The van der Waals surface area contributed by atoms with Gasteiger partial charge in [-0.3, -0.25) is 4.79 Å². The monoisotopic (exact) mass is 335 g/mol.